The molecule has 0 fully saturated rings. The predicted molar refractivity (Wildman–Crippen MR) is 84.1 cm³/mol. The van der Waals surface area contributed by atoms with Gasteiger partial charge in [-0.2, -0.15) is 0 Å². The van der Waals surface area contributed by atoms with Crippen molar-refractivity contribution >= 4 is 27.5 Å². The summed E-state index contributed by atoms with van der Waals surface area (Å²) in [6, 6.07) is 10.5. The van der Waals surface area contributed by atoms with E-state index in [2.05, 4.69) is 21.4 Å². The second kappa shape index (κ2) is 6.68. The standard InChI is InChI=1S/C15H15BrClFN2/c1-9-2-3-11(6-13(9)16)15(20-19)7-10-4-5-12(17)8-14(10)18/h2-6,8,15,20H,7,19H2,1H3. The summed E-state index contributed by atoms with van der Waals surface area (Å²) in [5.41, 5.74) is 5.45. The molecule has 1 atom stereocenters. The van der Waals surface area contributed by atoms with Gasteiger partial charge in [-0.25, -0.2) is 4.39 Å². The van der Waals surface area contributed by atoms with Crippen LogP contribution in [-0.2, 0) is 6.42 Å². The first kappa shape index (κ1) is 15.4. The van der Waals surface area contributed by atoms with Crippen molar-refractivity contribution in [2.45, 2.75) is 19.4 Å². The summed E-state index contributed by atoms with van der Waals surface area (Å²) < 4.78 is 14.9. The summed E-state index contributed by atoms with van der Waals surface area (Å²) >= 11 is 9.25. The first-order chi connectivity index (χ1) is 9.51. The number of halogens is 3. The molecule has 0 spiro atoms. The number of aryl methyl sites for hydroxylation is 1. The molecular weight excluding hydrogens is 343 g/mol. The second-order valence-corrected chi connectivity index (χ2v) is 5.96. The summed E-state index contributed by atoms with van der Waals surface area (Å²) in [6.07, 6.45) is 0.453. The number of hydrazine groups is 1. The second-order valence-electron chi connectivity index (χ2n) is 4.67. The van der Waals surface area contributed by atoms with E-state index in [-0.39, 0.29) is 11.9 Å². The number of hydrogen-bond donors (Lipinski definition) is 2. The Bertz CT molecular complexity index is 619. The molecule has 3 N–H and O–H groups in total. The number of benzene rings is 2. The Morgan fingerprint density at radius 3 is 2.65 bits per heavy atom. The SMILES string of the molecule is Cc1ccc(C(Cc2ccc(Cl)cc2F)NN)cc1Br. The Balaban J connectivity index is 2.26. The molecule has 2 rings (SSSR count). The van der Waals surface area contributed by atoms with E-state index >= 15 is 0 Å². The first-order valence-corrected chi connectivity index (χ1v) is 7.34. The van der Waals surface area contributed by atoms with Crippen LogP contribution in [0.15, 0.2) is 40.9 Å². The third-order valence-electron chi connectivity index (χ3n) is 3.24. The Kier molecular flexibility index (Phi) is 5.16. The van der Waals surface area contributed by atoms with E-state index < -0.39 is 0 Å². The molecule has 2 nitrogen and oxygen atoms in total. The maximum atomic E-state index is 13.8. The normalized spacial score (nSPS) is 12.4. The molecule has 0 aromatic heterocycles. The summed E-state index contributed by atoms with van der Waals surface area (Å²) in [5.74, 6) is 5.29. The fraction of sp³-hybridized carbons (Fsp3) is 0.200. The van der Waals surface area contributed by atoms with Crippen molar-refractivity contribution in [1.82, 2.24) is 5.43 Å². The zero-order valence-corrected chi connectivity index (χ0v) is 13.3. The Morgan fingerprint density at radius 1 is 1.30 bits per heavy atom. The molecule has 2 aromatic carbocycles. The molecule has 0 saturated heterocycles. The molecule has 0 heterocycles. The van der Waals surface area contributed by atoms with Crippen LogP contribution in [0.1, 0.15) is 22.7 Å². The van der Waals surface area contributed by atoms with E-state index in [4.69, 9.17) is 17.4 Å². The van der Waals surface area contributed by atoms with Crippen molar-refractivity contribution in [1.29, 1.82) is 0 Å². The highest BCUT2D eigenvalue weighted by Gasteiger charge is 2.14. The molecule has 0 aliphatic carbocycles. The molecule has 106 valence electrons. The fourth-order valence-electron chi connectivity index (χ4n) is 2.01. The number of rotatable bonds is 4. The van der Waals surface area contributed by atoms with Gasteiger partial charge in [0, 0.05) is 9.50 Å². The lowest BCUT2D eigenvalue weighted by Gasteiger charge is -2.18. The molecule has 0 aliphatic heterocycles. The van der Waals surface area contributed by atoms with E-state index in [0.717, 1.165) is 15.6 Å². The van der Waals surface area contributed by atoms with Gasteiger partial charge in [-0.3, -0.25) is 11.3 Å². The summed E-state index contributed by atoms with van der Waals surface area (Å²) in [5, 5.41) is 0.390. The molecule has 5 heteroatoms. The van der Waals surface area contributed by atoms with Crippen molar-refractivity contribution in [2.24, 2.45) is 5.84 Å². The Morgan fingerprint density at radius 2 is 2.05 bits per heavy atom. The van der Waals surface area contributed by atoms with Crippen LogP contribution in [0.5, 0.6) is 0 Å². The topological polar surface area (TPSA) is 38.0 Å². The van der Waals surface area contributed by atoms with Gasteiger partial charge >= 0.3 is 0 Å². The molecule has 0 saturated carbocycles. The van der Waals surface area contributed by atoms with Gasteiger partial charge in [0.05, 0.1) is 6.04 Å². The van der Waals surface area contributed by atoms with Crippen LogP contribution in [0.2, 0.25) is 5.02 Å². The van der Waals surface area contributed by atoms with Crippen molar-refractivity contribution in [3.05, 3.63) is 68.4 Å². The van der Waals surface area contributed by atoms with Crippen molar-refractivity contribution < 1.29 is 4.39 Å². The molecule has 2 aromatic rings. The van der Waals surface area contributed by atoms with Crippen LogP contribution < -0.4 is 11.3 Å². The van der Waals surface area contributed by atoms with Gasteiger partial charge in [-0.05, 0) is 48.2 Å². The highest BCUT2D eigenvalue weighted by Crippen LogP contribution is 2.25. The monoisotopic (exact) mass is 356 g/mol. The third-order valence-corrected chi connectivity index (χ3v) is 4.33. The van der Waals surface area contributed by atoms with Gasteiger partial charge < -0.3 is 0 Å². The van der Waals surface area contributed by atoms with Crippen LogP contribution in [-0.4, -0.2) is 0 Å². The molecule has 0 radical (unpaired) electrons. The van der Waals surface area contributed by atoms with Crippen LogP contribution in [0.3, 0.4) is 0 Å². The smallest absolute Gasteiger partial charge is 0.127 e. The van der Waals surface area contributed by atoms with E-state index in [1.54, 1.807) is 12.1 Å². The van der Waals surface area contributed by atoms with Crippen molar-refractivity contribution in [2.75, 3.05) is 0 Å². The summed E-state index contributed by atoms with van der Waals surface area (Å²) in [6.45, 7) is 2.01. The average Bonchev–Trinajstić information content (AvgIpc) is 2.41. The molecular formula is C15H15BrClFN2. The molecule has 0 aliphatic rings. The lowest BCUT2D eigenvalue weighted by atomic mass is 9.98. The van der Waals surface area contributed by atoms with Gasteiger partial charge in [-0.15, -0.1) is 0 Å². The largest absolute Gasteiger partial charge is 0.271 e. The van der Waals surface area contributed by atoms with Crippen LogP contribution in [0.4, 0.5) is 4.39 Å². The van der Waals surface area contributed by atoms with E-state index in [1.165, 1.54) is 6.07 Å². The minimum absolute atomic E-state index is 0.164. The van der Waals surface area contributed by atoms with Crippen LogP contribution in [0.25, 0.3) is 0 Å². The lowest BCUT2D eigenvalue weighted by Crippen LogP contribution is -2.29. The zero-order chi connectivity index (χ0) is 14.7. The molecule has 0 amide bonds. The van der Waals surface area contributed by atoms with Crippen molar-refractivity contribution in [3.63, 3.8) is 0 Å². The van der Waals surface area contributed by atoms with E-state index in [0.29, 0.717) is 17.0 Å². The first-order valence-electron chi connectivity index (χ1n) is 6.17. The lowest BCUT2D eigenvalue weighted by molar-refractivity contribution is 0.529. The number of hydrogen-bond acceptors (Lipinski definition) is 2. The van der Waals surface area contributed by atoms with Crippen LogP contribution >= 0.6 is 27.5 Å². The van der Waals surface area contributed by atoms with Gasteiger partial charge in [-0.1, -0.05) is 45.7 Å². The highest BCUT2D eigenvalue weighted by atomic mass is 79.9. The number of nitrogens with two attached hydrogens (primary N) is 1. The molecule has 1 unspecified atom stereocenters. The molecule has 20 heavy (non-hydrogen) atoms. The van der Waals surface area contributed by atoms with Gasteiger partial charge in [0.2, 0.25) is 0 Å². The fourth-order valence-corrected chi connectivity index (χ4v) is 2.56. The Hall–Kier alpha value is -0.940. The zero-order valence-electron chi connectivity index (χ0n) is 11.0. The minimum atomic E-state index is -0.316. The van der Waals surface area contributed by atoms with Crippen LogP contribution in [0, 0.1) is 12.7 Å². The maximum absolute atomic E-state index is 13.8. The molecule has 0 bridgehead atoms. The Labute approximate surface area is 131 Å². The number of nitrogens with one attached hydrogen (secondary N) is 1. The quantitative estimate of drug-likeness (QED) is 0.632. The summed E-state index contributed by atoms with van der Waals surface area (Å²) in [7, 11) is 0. The van der Waals surface area contributed by atoms with Gasteiger partial charge in [0.1, 0.15) is 5.82 Å². The highest BCUT2D eigenvalue weighted by molar-refractivity contribution is 9.10. The van der Waals surface area contributed by atoms with Gasteiger partial charge in [0.25, 0.3) is 0 Å². The predicted octanol–water partition coefficient (Wildman–Crippen LogP) is 4.30. The van der Waals surface area contributed by atoms with Crippen molar-refractivity contribution in [3.8, 4) is 0 Å². The third kappa shape index (κ3) is 3.58. The minimum Gasteiger partial charge on any atom is -0.271 e. The summed E-state index contributed by atoms with van der Waals surface area (Å²) in [4.78, 5) is 0. The average molecular weight is 358 g/mol. The van der Waals surface area contributed by atoms with E-state index in [1.807, 2.05) is 25.1 Å². The maximum Gasteiger partial charge on any atom is 0.127 e. The van der Waals surface area contributed by atoms with Gasteiger partial charge in [0.15, 0.2) is 0 Å². The van der Waals surface area contributed by atoms with E-state index in [9.17, 15) is 4.39 Å².